The lowest BCUT2D eigenvalue weighted by Crippen LogP contribution is -1.89. The van der Waals surface area contributed by atoms with E-state index in [1.807, 2.05) is 0 Å². The highest BCUT2D eigenvalue weighted by Gasteiger charge is 1.92. The average molecular weight is 164 g/mol. The van der Waals surface area contributed by atoms with Crippen molar-refractivity contribution in [1.82, 2.24) is 0 Å². The summed E-state index contributed by atoms with van der Waals surface area (Å²) < 4.78 is 0. The summed E-state index contributed by atoms with van der Waals surface area (Å²) >= 11 is 0. The van der Waals surface area contributed by atoms with Gasteiger partial charge in [-0.15, -0.1) is 0 Å². The number of hydrogen-bond acceptors (Lipinski definition) is 1. The van der Waals surface area contributed by atoms with Crippen LogP contribution < -0.4 is 0 Å². The number of aryl methyl sites for hydroxylation is 2. The van der Waals surface area contributed by atoms with Gasteiger partial charge in [-0.25, -0.2) is 0 Å². The van der Waals surface area contributed by atoms with Crippen molar-refractivity contribution in [3.8, 4) is 0 Å². The third-order valence-corrected chi connectivity index (χ3v) is 2.05. The van der Waals surface area contributed by atoms with Crippen LogP contribution in [0.4, 0.5) is 0 Å². The molecule has 0 unspecified atom stereocenters. The molecule has 0 saturated heterocycles. The molecule has 0 amide bonds. The van der Waals surface area contributed by atoms with Gasteiger partial charge in [0.2, 0.25) is 0 Å². The Bertz CT molecular complexity index is 213. The summed E-state index contributed by atoms with van der Waals surface area (Å²) in [4.78, 5) is 0. The van der Waals surface area contributed by atoms with E-state index in [-0.39, 0.29) is 6.61 Å². The van der Waals surface area contributed by atoms with Crippen molar-refractivity contribution >= 4 is 0 Å². The van der Waals surface area contributed by atoms with E-state index in [2.05, 4.69) is 31.2 Å². The standard InChI is InChI=1S/C11H16O/c1-2-10-5-7-11(8-6-10)4-3-9-12/h5-8,12H,2-4,9H2,1H3. The number of aliphatic hydroxyl groups is 1. The van der Waals surface area contributed by atoms with Gasteiger partial charge in [-0.05, 0) is 30.4 Å². The van der Waals surface area contributed by atoms with Gasteiger partial charge in [0.15, 0.2) is 0 Å². The Balaban J connectivity index is 2.53. The fourth-order valence-corrected chi connectivity index (χ4v) is 1.22. The monoisotopic (exact) mass is 164 g/mol. The van der Waals surface area contributed by atoms with E-state index in [9.17, 15) is 0 Å². The van der Waals surface area contributed by atoms with Crippen LogP contribution in [-0.2, 0) is 12.8 Å². The van der Waals surface area contributed by atoms with E-state index in [0.29, 0.717) is 0 Å². The first-order valence-electron chi connectivity index (χ1n) is 4.55. The Morgan fingerprint density at radius 2 is 1.67 bits per heavy atom. The Morgan fingerprint density at radius 3 is 2.17 bits per heavy atom. The molecule has 0 fully saturated rings. The Morgan fingerprint density at radius 1 is 1.08 bits per heavy atom. The Kier molecular flexibility index (Phi) is 3.81. The van der Waals surface area contributed by atoms with Crippen molar-refractivity contribution in [2.45, 2.75) is 26.2 Å². The lowest BCUT2D eigenvalue weighted by molar-refractivity contribution is 0.288. The third kappa shape index (κ3) is 2.67. The molecule has 0 heterocycles. The molecule has 66 valence electrons. The first kappa shape index (κ1) is 9.27. The van der Waals surface area contributed by atoms with Crippen LogP contribution in [0.3, 0.4) is 0 Å². The predicted molar refractivity (Wildman–Crippen MR) is 51.2 cm³/mol. The number of benzene rings is 1. The number of aliphatic hydroxyl groups excluding tert-OH is 1. The van der Waals surface area contributed by atoms with Gasteiger partial charge in [-0.2, -0.15) is 0 Å². The molecule has 0 aliphatic heterocycles. The highest BCUT2D eigenvalue weighted by atomic mass is 16.2. The maximum atomic E-state index is 8.63. The van der Waals surface area contributed by atoms with Crippen LogP contribution in [0.25, 0.3) is 0 Å². The molecule has 1 rings (SSSR count). The molecule has 0 spiro atoms. The minimum absolute atomic E-state index is 0.287. The summed E-state index contributed by atoms with van der Waals surface area (Å²) in [7, 11) is 0. The van der Waals surface area contributed by atoms with E-state index in [1.165, 1.54) is 11.1 Å². The quantitative estimate of drug-likeness (QED) is 0.723. The molecule has 0 radical (unpaired) electrons. The molecule has 0 aliphatic carbocycles. The van der Waals surface area contributed by atoms with E-state index in [4.69, 9.17) is 5.11 Å². The summed E-state index contributed by atoms with van der Waals surface area (Å²) in [5.74, 6) is 0. The summed E-state index contributed by atoms with van der Waals surface area (Å²) in [6.07, 6.45) is 2.95. The smallest absolute Gasteiger partial charge is 0.0434 e. The maximum Gasteiger partial charge on any atom is 0.0434 e. The minimum atomic E-state index is 0.287. The zero-order valence-corrected chi connectivity index (χ0v) is 7.59. The van der Waals surface area contributed by atoms with Crippen LogP contribution in [0.5, 0.6) is 0 Å². The van der Waals surface area contributed by atoms with Crippen molar-refractivity contribution in [1.29, 1.82) is 0 Å². The van der Waals surface area contributed by atoms with Gasteiger partial charge in [0.25, 0.3) is 0 Å². The average Bonchev–Trinajstić information content (AvgIpc) is 2.15. The van der Waals surface area contributed by atoms with Crippen molar-refractivity contribution in [3.05, 3.63) is 35.4 Å². The highest BCUT2D eigenvalue weighted by Crippen LogP contribution is 2.06. The van der Waals surface area contributed by atoms with E-state index < -0.39 is 0 Å². The van der Waals surface area contributed by atoms with Crippen LogP contribution in [0.1, 0.15) is 24.5 Å². The fraction of sp³-hybridized carbons (Fsp3) is 0.455. The molecule has 0 aromatic heterocycles. The van der Waals surface area contributed by atoms with Crippen LogP contribution in [-0.4, -0.2) is 11.7 Å². The highest BCUT2D eigenvalue weighted by molar-refractivity contribution is 5.22. The molecule has 12 heavy (non-hydrogen) atoms. The second-order valence-electron chi connectivity index (χ2n) is 3.00. The SMILES string of the molecule is CCc1ccc(CCCO)cc1. The van der Waals surface area contributed by atoms with Crippen molar-refractivity contribution in [3.63, 3.8) is 0 Å². The second kappa shape index (κ2) is 4.94. The predicted octanol–water partition coefficient (Wildman–Crippen LogP) is 2.17. The van der Waals surface area contributed by atoms with Crippen LogP contribution in [0.15, 0.2) is 24.3 Å². The largest absolute Gasteiger partial charge is 0.396 e. The maximum absolute atomic E-state index is 8.63. The molecule has 0 saturated carbocycles. The third-order valence-electron chi connectivity index (χ3n) is 2.05. The second-order valence-corrected chi connectivity index (χ2v) is 3.00. The summed E-state index contributed by atoms with van der Waals surface area (Å²) in [6, 6.07) is 8.61. The van der Waals surface area contributed by atoms with Gasteiger partial charge in [0.05, 0.1) is 0 Å². The normalized spacial score (nSPS) is 10.2. The van der Waals surface area contributed by atoms with Crippen LogP contribution in [0, 0.1) is 0 Å². The van der Waals surface area contributed by atoms with E-state index in [1.54, 1.807) is 0 Å². The van der Waals surface area contributed by atoms with Crippen molar-refractivity contribution in [2.24, 2.45) is 0 Å². The van der Waals surface area contributed by atoms with Gasteiger partial charge in [-0.1, -0.05) is 31.2 Å². The number of rotatable bonds is 4. The summed E-state index contributed by atoms with van der Waals surface area (Å²) in [5.41, 5.74) is 2.70. The molecule has 1 aromatic carbocycles. The molecule has 0 atom stereocenters. The molecule has 1 N–H and O–H groups in total. The van der Waals surface area contributed by atoms with Crippen LogP contribution in [0.2, 0.25) is 0 Å². The van der Waals surface area contributed by atoms with Gasteiger partial charge in [0.1, 0.15) is 0 Å². The minimum Gasteiger partial charge on any atom is -0.396 e. The molecule has 1 heteroatoms. The molecule has 1 nitrogen and oxygen atoms in total. The number of hydrogen-bond donors (Lipinski definition) is 1. The molecule has 0 bridgehead atoms. The van der Waals surface area contributed by atoms with Crippen LogP contribution >= 0.6 is 0 Å². The van der Waals surface area contributed by atoms with Crippen molar-refractivity contribution in [2.75, 3.05) is 6.61 Å². The lowest BCUT2D eigenvalue weighted by atomic mass is 10.1. The van der Waals surface area contributed by atoms with Gasteiger partial charge in [-0.3, -0.25) is 0 Å². The van der Waals surface area contributed by atoms with E-state index in [0.717, 1.165) is 19.3 Å². The van der Waals surface area contributed by atoms with Gasteiger partial charge >= 0.3 is 0 Å². The molecular weight excluding hydrogens is 148 g/mol. The molecule has 0 aliphatic rings. The van der Waals surface area contributed by atoms with E-state index >= 15 is 0 Å². The summed E-state index contributed by atoms with van der Waals surface area (Å²) in [5, 5.41) is 8.63. The van der Waals surface area contributed by atoms with Gasteiger partial charge < -0.3 is 5.11 Å². The Labute approximate surface area is 74.1 Å². The first-order valence-corrected chi connectivity index (χ1v) is 4.55. The zero-order valence-electron chi connectivity index (χ0n) is 7.59. The molecular formula is C11H16O. The summed E-state index contributed by atoms with van der Waals surface area (Å²) in [6.45, 7) is 2.44. The topological polar surface area (TPSA) is 20.2 Å². The van der Waals surface area contributed by atoms with Crippen molar-refractivity contribution < 1.29 is 5.11 Å². The first-order chi connectivity index (χ1) is 5.86. The molecule has 1 aromatic rings. The van der Waals surface area contributed by atoms with Gasteiger partial charge in [0, 0.05) is 6.61 Å². The fourth-order valence-electron chi connectivity index (χ4n) is 1.22. The Hall–Kier alpha value is -0.820. The lowest BCUT2D eigenvalue weighted by Gasteiger charge is -2.00. The zero-order chi connectivity index (χ0) is 8.81.